The first-order chi connectivity index (χ1) is 14.7. The number of nitrogens with zero attached hydrogens (tertiary/aromatic N) is 3. The van der Waals surface area contributed by atoms with E-state index in [1.807, 2.05) is 92.2 Å². The second-order valence-electron chi connectivity index (χ2n) is 7.04. The van der Waals surface area contributed by atoms with Gasteiger partial charge in [-0.1, -0.05) is 30.3 Å². The van der Waals surface area contributed by atoms with Crippen molar-refractivity contribution in [3.05, 3.63) is 90.6 Å². The minimum atomic E-state index is 0.750. The van der Waals surface area contributed by atoms with E-state index in [1.54, 1.807) is 7.11 Å². The number of nitrogens with one attached hydrogen (secondary N) is 1. The lowest BCUT2D eigenvalue weighted by Gasteiger charge is -2.18. The van der Waals surface area contributed by atoms with Crippen LogP contribution in [0.4, 0.5) is 17.1 Å². The summed E-state index contributed by atoms with van der Waals surface area (Å²) in [5, 5.41) is 11.0. The minimum absolute atomic E-state index is 0.750. The van der Waals surface area contributed by atoms with Gasteiger partial charge in [-0.25, -0.2) is 4.57 Å². The highest BCUT2D eigenvalue weighted by atomic mass is 16.5. The van der Waals surface area contributed by atoms with Crippen molar-refractivity contribution in [3.8, 4) is 5.75 Å². The molecule has 4 aromatic rings. The summed E-state index contributed by atoms with van der Waals surface area (Å²) in [5.74, 6) is 0.750. The lowest BCUT2D eigenvalue weighted by molar-refractivity contribution is -0.644. The van der Waals surface area contributed by atoms with Crippen LogP contribution in [0.5, 0.6) is 5.75 Å². The van der Waals surface area contributed by atoms with Crippen LogP contribution in [0.2, 0.25) is 0 Å². The number of fused-ring (bicyclic) bond motifs is 1. The average Bonchev–Trinajstić information content (AvgIpc) is 2.79. The highest BCUT2D eigenvalue weighted by Gasteiger charge is 2.10. The van der Waals surface area contributed by atoms with Gasteiger partial charge >= 0.3 is 0 Å². The summed E-state index contributed by atoms with van der Waals surface area (Å²) in [7, 11) is 5.64. The number of rotatable bonds is 6. The Bertz CT molecular complexity index is 1190. The van der Waals surface area contributed by atoms with Crippen LogP contribution in [0.15, 0.2) is 90.2 Å². The number of hydrogen-bond acceptors (Lipinski definition) is 4. The molecule has 1 heterocycles. The van der Waals surface area contributed by atoms with E-state index in [2.05, 4.69) is 33.2 Å². The van der Waals surface area contributed by atoms with Gasteiger partial charge in [0.25, 0.3) is 0 Å². The average molecular weight is 398 g/mol. The van der Waals surface area contributed by atoms with Gasteiger partial charge < -0.3 is 10.1 Å². The Morgan fingerprint density at radius 2 is 1.70 bits per heavy atom. The molecular weight excluding hydrogens is 372 g/mol. The molecule has 0 spiro atoms. The van der Waals surface area contributed by atoms with Crippen molar-refractivity contribution in [2.24, 2.45) is 12.1 Å². The molecule has 1 N–H and O–H groups in total. The topological polar surface area (TPSA) is 40.7 Å². The molecule has 0 bridgehead atoms. The Balaban J connectivity index is 1.59. The Hall–Kier alpha value is -3.86. The largest absolute Gasteiger partial charge is 0.494 e. The molecule has 0 saturated carbocycles. The summed E-state index contributed by atoms with van der Waals surface area (Å²) in [6, 6.07) is 26.5. The second kappa shape index (κ2) is 8.66. The van der Waals surface area contributed by atoms with Gasteiger partial charge in [0.2, 0.25) is 5.52 Å². The zero-order valence-electron chi connectivity index (χ0n) is 17.4. The van der Waals surface area contributed by atoms with Crippen LogP contribution in [0.3, 0.4) is 0 Å². The van der Waals surface area contributed by atoms with Gasteiger partial charge in [0.15, 0.2) is 6.20 Å². The first-order valence-electron chi connectivity index (χ1n) is 9.81. The van der Waals surface area contributed by atoms with Crippen molar-refractivity contribution < 1.29 is 9.30 Å². The van der Waals surface area contributed by atoms with Crippen molar-refractivity contribution in [3.63, 3.8) is 0 Å². The van der Waals surface area contributed by atoms with E-state index in [4.69, 9.17) is 4.74 Å². The van der Waals surface area contributed by atoms with Crippen LogP contribution in [0.1, 0.15) is 5.56 Å². The standard InChI is InChI=1S/C25H25N4O/c1-28-16-15-19(22-11-7-8-12-23(22)28)18-26-29(2)24-14-13-21(17-25(24)30-3)27-20-9-5-4-6-10-20/h4-18,27H,1-3H3/q+1. The predicted molar refractivity (Wildman–Crippen MR) is 124 cm³/mol. The molecule has 4 rings (SSSR count). The number of methoxy groups -OCH3 is 1. The number of aryl methyl sites for hydroxylation is 1. The fraction of sp³-hybridized carbons (Fsp3) is 0.120. The summed E-state index contributed by atoms with van der Waals surface area (Å²) in [6.07, 6.45) is 3.94. The lowest BCUT2D eigenvalue weighted by Crippen LogP contribution is -2.28. The number of pyridine rings is 1. The van der Waals surface area contributed by atoms with Crippen LogP contribution in [-0.2, 0) is 7.05 Å². The third kappa shape index (κ3) is 4.10. The SMILES string of the molecule is COc1cc(Nc2ccccc2)ccc1N(C)/N=C\c1cc[n+](C)c2ccccc12. The summed E-state index contributed by atoms with van der Waals surface area (Å²) in [6.45, 7) is 0. The third-order valence-corrected chi connectivity index (χ3v) is 5.03. The van der Waals surface area contributed by atoms with E-state index < -0.39 is 0 Å². The fourth-order valence-corrected chi connectivity index (χ4v) is 3.42. The van der Waals surface area contributed by atoms with Gasteiger partial charge in [-0.2, -0.15) is 5.10 Å². The van der Waals surface area contributed by atoms with Crippen molar-refractivity contribution in [1.29, 1.82) is 0 Å². The zero-order valence-corrected chi connectivity index (χ0v) is 17.4. The zero-order chi connectivity index (χ0) is 20.9. The molecule has 0 radical (unpaired) electrons. The van der Waals surface area contributed by atoms with Gasteiger partial charge in [0.05, 0.1) is 18.7 Å². The Morgan fingerprint density at radius 1 is 0.933 bits per heavy atom. The van der Waals surface area contributed by atoms with Gasteiger partial charge in [-0.05, 0) is 30.3 Å². The van der Waals surface area contributed by atoms with E-state index in [1.165, 1.54) is 0 Å². The van der Waals surface area contributed by atoms with E-state index in [0.717, 1.165) is 39.3 Å². The predicted octanol–water partition coefficient (Wildman–Crippen LogP) is 4.89. The van der Waals surface area contributed by atoms with Crippen LogP contribution >= 0.6 is 0 Å². The first kappa shape index (κ1) is 19.5. The summed E-state index contributed by atoms with van der Waals surface area (Å²) < 4.78 is 7.73. The maximum absolute atomic E-state index is 5.62. The van der Waals surface area contributed by atoms with E-state index in [-0.39, 0.29) is 0 Å². The Labute approximate surface area is 176 Å². The maximum atomic E-state index is 5.62. The van der Waals surface area contributed by atoms with Gasteiger partial charge in [-0.15, -0.1) is 0 Å². The number of benzene rings is 3. The first-order valence-corrected chi connectivity index (χ1v) is 9.81. The Kier molecular flexibility index (Phi) is 5.61. The van der Waals surface area contributed by atoms with Crippen molar-refractivity contribution in [1.82, 2.24) is 0 Å². The van der Waals surface area contributed by atoms with Crippen molar-refractivity contribution in [2.45, 2.75) is 0 Å². The third-order valence-electron chi connectivity index (χ3n) is 5.03. The Morgan fingerprint density at radius 3 is 2.50 bits per heavy atom. The molecule has 0 saturated heterocycles. The van der Waals surface area contributed by atoms with Gasteiger partial charge in [0, 0.05) is 42.2 Å². The van der Waals surface area contributed by atoms with Gasteiger partial charge in [-0.3, -0.25) is 5.01 Å². The summed E-state index contributed by atoms with van der Waals surface area (Å²) >= 11 is 0. The number of hydrazone groups is 1. The molecule has 150 valence electrons. The maximum Gasteiger partial charge on any atom is 0.212 e. The molecular formula is C25H25N4O+. The normalized spacial score (nSPS) is 11.0. The van der Waals surface area contributed by atoms with E-state index in [0.29, 0.717) is 0 Å². The van der Waals surface area contributed by atoms with E-state index in [9.17, 15) is 0 Å². The molecule has 0 unspecified atom stereocenters. The minimum Gasteiger partial charge on any atom is -0.494 e. The smallest absolute Gasteiger partial charge is 0.212 e. The molecule has 0 aliphatic rings. The van der Waals surface area contributed by atoms with Gasteiger partial charge in [0.1, 0.15) is 18.5 Å². The van der Waals surface area contributed by atoms with Crippen LogP contribution in [0.25, 0.3) is 10.9 Å². The highest BCUT2D eigenvalue weighted by molar-refractivity contribution is 5.97. The quantitative estimate of drug-likeness (QED) is 0.286. The second-order valence-corrected chi connectivity index (χ2v) is 7.04. The number of aromatic nitrogens is 1. The van der Waals surface area contributed by atoms with Crippen LogP contribution in [0, 0.1) is 0 Å². The molecule has 3 aromatic carbocycles. The number of ether oxygens (including phenoxy) is 1. The number of anilines is 3. The summed E-state index contributed by atoms with van der Waals surface area (Å²) in [5.41, 5.74) is 5.11. The van der Waals surface area contributed by atoms with Crippen LogP contribution in [-0.4, -0.2) is 20.4 Å². The van der Waals surface area contributed by atoms with Crippen molar-refractivity contribution >= 4 is 34.2 Å². The van der Waals surface area contributed by atoms with Crippen LogP contribution < -0.4 is 19.6 Å². The lowest BCUT2D eigenvalue weighted by atomic mass is 10.1. The molecule has 0 aliphatic carbocycles. The highest BCUT2D eigenvalue weighted by Crippen LogP contribution is 2.32. The van der Waals surface area contributed by atoms with Crippen molar-refractivity contribution in [2.75, 3.05) is 24.5 Å². The number of para-hydroxylation sites is 2. The van der Waals surface area contributed by atoms with E-state index >= 15 is 0 Å². The molecule has 30 heavy (non-hydrogen) atoms. The fourth-order valence-electron chi connectivity index (χ4n) is 3.42. The molecule has 0 aliphatic heterocycles. The molecule has 5 heteroatoms. The number of hydrogen-bond donors (Lipinski definition) is 1. The molecule has 5 nitrogen and oxygen atoms in total. The molecule has 0 amide bonds. The molecule has 0 atom stereocenters. The monoisotopic (exact) mass is 397 g/mol. The summed E-state index contributed by atoms with van der Waals surface area (Å²) in [4.78, 5) is 0. The molecule has 1 aromatic heterocycles. The molecule has 0 fully saturated rings.